The number of aromatic nitrogens is 2. The van der Waals surface area contributed by atoms with Crippen LogP contribution >= 0.6 is 11.3 Å². The highest BCUT2D eigenvalue weighted by Crippen LogP contribution is 2.32. The molecular weight excluding hydrogens is 324 g/mol. The molecule has 24 heavy (non-hydrogen) atoms. The lowest BCUT2D eigenvalue weighted by molar-refractivity contribution is 0.0696. The van der Waals surface area contributed by atoms with Gasteiger partial charge in [-0.25, -0.2) is 9.78 Å². The fourth-order valence-electron chi connectivity index (χ4n) is 2.99. The topological polar surface area (TPSA) is 64.4 Å². The third-order valence-corrected chi connectivity index (χ3v) is 4.74. The summed E-state index contributed by atoms with van der Waals surface area (Å²) in [5, 5.41) is 11.4. The quantitative estimate of drug-likeness (QED) is 0.763. The number of hydrogen-bond donors (Lipinski definition) is 1. The number of hydrogen-bond acceptors (Lipinski definition) is 4. The normalized spacial score (nSPS) is 12.1. The first-order valence-electron chi connectivity index (χ1n) is 7.46. The largest absolute Gasteiger partial charge is 0.497 e. The molecular formula is C18H18N2O3S. The van der Waals surface area contributed by atoms with Crippen molar-refractivity contribution in [2.45, 2.75) is 19.9 Å². The molecule has 0 aliphatic carbocycles. The molecule has 3 aromatic rings. The first kappa shape index (κ1) is 16.3. The van der Waals surface area contributed by atoms with Crippen molar-refractivity contribution in [1.29, 1.82) is 0 Å². The van der Waals surface area contributed by atoms with E-state index in [1.165, 1.54) is 11.3 Å². The second-order valence-electron chi connectivity index (χ2n) is 5.55. The van der Waals surface area contributed by atoms with E-state index in [4.69, 9.17) is 4.74 Å². The van der Waals surface area contributed by atoms with E-state index in [-0.39, 0.29) is 6.04 Å². The zero-order valence-corrected chi connectivity index (χ0v) is 14.5. The molecule has 0 aliphatic rings. The number of aryl methyl sites for hydroxylation is 1. The van der Waals surface area contributed by atoms with Crippen molar-refractivity contribution >= 4 is 17.3 Å². The van der Waals surface area contributed by atoms with Crippen LogP contribution in [0.2, 0.25) is 0 Å². The Hall–Kier alpha value is -2.60. The van der Waals surface area contributed by atoms with Crippen LogP contribution in [0.1, 0.15) is 39.0 Å². The van der Waals surface area contributed by atoms with Crippen LogP contribution in [0, 0.1) is 13.8 Å². The third-order valence-electron chi connectivity index (χ3n) is 4.14. The number of methoxy groups -OCH3 is 1. The highest BCUT2D eigenvalue weighted by atomic mass is 32.1. The van der Waals surface area contributed by atoms with Crippen LogP contribution in [0.5, 0.6) is 5.75 Å². The Labute approximate surface area is 144 Å². The zero-order valence-electron chi connectivity index (χ0n) is 13.7. The first-order valence-corrected chi connectivity index (χ1v) is 8.41. The Bertz CT molecular complexity index is 851. The molecule has 0 bridgehead atoms. The van der Waals surface area contributed by atoms with E-state index in [0.717, 1.165) is 22.7 Å². The second-order valence-corrected chi connectivity index (χ2v) is 6.27. The highest BCUT2D eigenvalue weighted by molar-refractivity contribution is 7.07. The Kier molecular flexibility index (Phi) is 4.40. The van der Waals surface area contributed by atoms with Gasteiger partial charge in [0.1, 0.15) is 11.8 Å². The van der Waals surface area contributed by atoms with Crippen molar-refractivity contribution in [2.24, 2.45) is 0 Å². The molecule has 6 heteroatoms. The molecule has 1 atom stereocenters. The average molecular weight is 342 g/mol. The lowest BCUT2D eigenvalue weighted by atomic mass is 10.0. The van der Waals surface area contributed by atoms with Crippen molar-refractivity contribution < 1.29 is 14.6 Å². The molecule has 1 N–H and O–H groups in total. The summed E-state index contributed by atoms with van der Waals surface area (Å²) in [5.41, 5.74) is 5.64. The molecule has 0 radical (unpaired) electrons. The van der Waals surface area contributed by atoms with Crippen molar-refractivity contribution in [2.75, 3.05) is 7.11 Å². The number of carboxylic acids is 1. The van der Waals surface area contributed by atoms with E-state index in [0.29, 0.717) is 11.3 Å². The Morgan fingerprint density at radius 3 is 2.50 bits per heavy atom. The van der Waals surface area contributed by atoms with E-state index in [2.05, 4.69) is 4.98 Å². The molecule has 0 saturated heterocycles. The lowest BCUT2D eigenvalue weighted by Gasteiger charge is -2.22. The van der Waals surface area contributed by atoms with Gasteiger partial charge in [-0.15, -0.1) is 11.3 Å². The maximum absolute atomic E-state index is 11.5. The van der Waals surface area contributed by atoms with E-state index in [1.807, 2.05) is 48.1 Å². The average Bonchev–Trinajstić information content (AvgIpc) is 3.19. The first-order chi connectivity index (χ1) is 11.5. The van der Waals surface area contributed by atoms with Gasteiger partial charge in [-0.05, 0) is 37.6 Å². The molecule has 0 amide bonds. The monoisotopic (exact) mass is 342 g/mol. The van der Waals surface area contributed by atoms with Crippen molar-refractivity contribution in [3.05, 3.63) is 69.4 Å². The van der Waals surface area contributed by atoms with Gasteiger partial charge in [0, 0.05) is 16.8 Å². The molecule has 0 spiro atoms. The lowest BCUT2D eigenvalue weighted by Crippen LogP contribution is -2.16. The smallest absolute Gasteiger partial charge is 0.337 e. The van der Waals surface area contributed by atoms with E-state index in [9.17, 15) is 9.90 Å². The van der Waals surface area contributed by atoms with Crippen LogP contribution in [0.3, 0.4) is 0 Å². The second kappa shape index (κ2) is 6.49. The molecule has 1 unspecified atom stereocenters. The number of thiazole rings is 1. The summed E-state index contributed by atoms with van der Waals surface area (Å²) in [4.78, 5) is 15.9. The van der Waals surface area contributed by atoms with Gasteiger partial charge >= 0.3 is 5.97 Å². The van der Waals surface area contributed by atoms with Crippen LogP contribution in [0.4, 0.5) is 0 Å². The van der Waals surface area contributed by atoms with Gasteiger partial charge in [-0.2, -0.15) is 0 Å². The van der Waals surface area contributed by atoms with Crippen LogP contribution in [0.25, 0.3) is 0 Å². The van der Waals surface area contributed by atoms with Crippen LogP contribution in [-0.4, -0.2) is 27.7 Å². The summed E-state index contributed by atoms with van der Waals surface area (Å²) in [6, 6.07) is 9.32. The number of nitrogens with zero attached hydrogens (tertiary/aromatic N) is 2. The Morgan fingerprint density at radius 1 is 1.29 bits per heavy atom. The standard InChI is InChI=1S/C18H18N2O3S/c1-11-8-15(18(21)22)12(2)20(11)17(16-9-24-10-19-16)13-4-6-14(23-3)7-5-13/h4-10,17H,1-3H3,(H,21,22). The molecule has 0 fully saturated rings. The van der Waals surface area contributed by atoms with Crippen molar-refractivity contribution in [3.8, 4) is 5.75 Å². The predicted octanol–water partition coefficient (Wildman–Crippen LogP) is 3.91. The van der Waals surface area contributed by atoms with Crippen LogP contribution in [0.15, 0.2) is 41.2 Å². The minimum atomic E-state index is -0.916. The Balaban J connectivity index is 2.18. The van der Waals surface area contributed by atoms with Gasteiger partial charge in [-0.3, -0.25) is 0 Å². The van der Waals surface area contributed by atoms with Gasteiger partial charge in [0.15, 0.2) is 0 Å². The molecule has 0 saturated carbocycles. The SMILES string of the molecule is COc1ccc(C(c2cscn2)n2c(C)cc(C(=O)O)c2C)cc1. The molecule has 0 aliphatic heterocycles. The molecule has 2 aromatic heterocycles. The summed E-state index contributed by atoms with van der Waals surface area (Å²) in [7, 11) is 1.63. The highest BCUT2D eigenvalue weighted by Gasteiger charge is 2.24. The molecule has 5 nitrogen and oxygen atoms in total. The maximum Gasteiger partial charge on any atom is 0.337 e. The minimum Gasteiger partial charge on any atom is -0.497 e. The number of aromatic carboxylic acids is 1. The number of carbonyl (C=O) groups is 1. The zero-order chi connectivity index (χ0) is 17.3. The van der Waals surface area contributed by atoms with Gasteiger partial charge in [0.05, 0.1) is 23.9 Å². The van der Waals surface area contributed by atoms with Gasteiger partial charge in [0.2, 0.25) is 0 Å². The van der Waals surface area contributed by atoms with Gasteiger partial charge in [-0.1, -0.05) is 12.1 Å². The Morgan fingerprint density at radius 2 is 2.00 bits per heavy atom. The summed E-state index contributed by atoms with van der Waals surface area (Å²) in [6.07, 6.45) is 0. The fourth-order valence-corrected chi connectivity index (χ4v) is 3.56. The van der Waals surface area contributed by atoms with Crippen LogP contribution in [-0.2, 0) is 0 Å². The molecule has 3 rings (SSSR count). The van der Waals surface area contributed by atoms with Crippen molar-refractivity contribution in [3.63, 3.8) is 0 Å². The third kappa shape index (κ3) is 2.80. The van der Waals surface area contributed by atoms with Crippen LogP contribution < -0.4 is 4.74 Å². The van der Waals surface area contributed by atoms with Crippen molar-refractivity contribution in [1.82, 2.24) is 9.55 Å². The molecule has 124 valence electrons. The number of ether oxygens (including phenoxy) is 1. The minimum absolute atomic E-state index is 0.171. The summed E-state index contributed by atoms with van der Waals surface area (Å²) in [5.74, 6) is -0.135. The number of benzene rings is 1. The number of rotatable bonds is 5. The van der Waals surface area contributed by atoms with Gasteiger partial charge < -0.3 is 14.4 Å². The van der Waals surface area contributed by atoms with Gasteiger partial charge in [0.25, 0.3) is 0 Å². The van der Waals surface area contributed by atoms with E-state index < -0.39 is 5.97 Å². The fraction of sp³-hybridized carbons (Fsp3) is 0.222. The number of carboxylic acid groups (broad SMARTS) is 1. The predicted molar refractivity (Wildman–Crippen MR) is 93.2 cm³/mol. The maximum atomic E-state index is 11.5. The molecule has 2 heterocycles. The van der Waals surface area contributed by atoms with E-state index in [1.54, 1.807) is 18.7 Å². The summed E-state index contributed by atoms with van der Waals surface area (Å²) in [6.45, 7) is 3.75. The summed E-state index contributed by atoms with van der Waals surface area (Å²) >= 11 is 1.52. The summed E-state index contributed by atoms with van der Waals surface area (Å²) < 4.78 is 7.26. The van der Waals surface area contributed by atoms with E-state index >= 15 is 0 Å². The molecule has 1 aromatic carbocycles.